The summed E-state index contributed by atoms with van der Waals surface area (Å²) in [5, 5.41) is 0. The van der Waals surface area contributed by atoms with Crippen LogP contribution in [0.15, 0.2) is 45.5 Å². The van der Waals surface area contributed by atoms with Crippen molar-refractivity contribution in [2.75, 3.05) is 11.5 Å². The number of anilines is 1. The molecule has 2 heterocycles. The Morgan fingerprint density at radius 3 is 2.72 bits per heavy atom. The number of ether oxygens (including phenoxy) is 1. The summed E-state index contributed by atoms with van der Waals surface area (Å²) in [5.74, 6) is -2.73. The normalized spacial score (nSPS) is 14.4. The van der Waals surface area contributed by atoms with Gasteiger partial charge in [-0.05, 0) is 37.3 Å². The molecule has 1 aromatic heterocycles. The van der Waals surface area contributed by atoms with Crippen LogP contribution in [0.4, 0.5) is 5.69 Å². The minimum atomic E-state index is -1.05. The number of halogens is 1. The highest BCUT2D eigenvalue weighted by Gasteiger charge is 2.41. The Morgan fingerprint density at radius 1 is 1.28 bits per heavy atom. The topological polar surface area (TPSA) is 93.9 Å². The number of Topliss-reactive ketones (excluding diaryl/α,β-unsaturated/α-hetero) is 2. The number of hydrogen-bond acceptors (Lipinski definition) is 6. The molecule has 1 aliphatic heterocycles. The Balaban J connectivity index is 1.73. The van der Waals surface area contributed by atoms with Crippen LogP contribution in [0.2, 0.25) is 0 Å². The summed E-state index contributed by atoms with van der Waals surface area (Å²) in [6.45, 7) is 0.919. The van der Waals surface area contributed by atoms with Gasteiger partial charge in [-0.2, -0.15) is 0 Å². The zero-order valence-electron chi connectivity index (χ0n) is 13.0. The van der Waals surface area contributed by atoms with Crippen LogP contribution >= 0.6 is 15.9 Å². The molecule has 1 unspecified atom stereocenters. The van der Waals surface area contributed by atoms with Gasteiger partial charge in [-0.1, -0.05) is 15.9 Å². The fourth-order valence-electron chi connectivity index (χ4n) is 2.49. The number of nitrogens with zero attached hydrogens (tertiary/aromatic N) is 1. The average Bonchev–Trinajstić information content (AvgIpc) is 3.21. The molecular formula is C17H12BrNO6. The Hall–Kier alpha value is -2.74. The van der Waals surface area contributed by atoms with E-state index in [4.69, 9.17) is 9.15 Å². The maximum atomic E-state index is 12.2. The minimum absolute atomic E-state index is 0.0723. The van der Waals surface area contributed by atoms with Gasteiger partial charge >= 0.3 is 5.97 Å². The Morgan fingerprint density at radius 2 is 2.04 bits per heavy atom. The van der Waals surface area contributed by atoms with E-state index in [1.54, 1.807) is 18.2 Å². The Kier molecular flexibility index (Phi) is 4.54. The third-order valence-electron chi connectivity index (χ3n) is 3.75. The van der Waals surface area contributed by atoms with Crippen LogP contribution in [0.1, 0.15) is 27.8 Å². The molecule has 3 rings (SSSR count). The number of hydrogen-bond donors (Lipinski definition) is 0. The molecule has 1 amide bonds. The number of carbonyl (C=O) groups excluding carboxylic acids is 4. The SMILES string of the molecule is CC(C(=O)OCC(=O)c1ccco1)N1C(=O)C(=O)c2cc(Br)ccc21. The first-order valence-corrected chi connectivity index (χ1v) is 8.10. The fourth-order valence-corrected chi connectivity index (χ4v) is 2.85. The first-order chi connectivity index (χ1) is 11.9. The summed E-state index contributed by atoms with van der Waals surface area (Å²) in [6.07, 6.45) is 1.33. The van der Waals surface area contributed by atoms with E-state index >= 15 is 0 Å². The highest BCUT2D eigenvalue weighted by atomic mass is 79.9. The van der Waals surface area contributed by atoms with Crippen molar-refractivity contribution in [3.05, 3.63) is 52.4 Å². The van der Waals surface area contributed by atoms with Gasteiger partial charge in [-0.3, -0.25) is 19.3 Å². The van der Waals surface area contributed by atoms with Gasteiger partial charge in [0.05, 0.1) is 17.5 Å². The van der Waals surface area contributed by atoms with Crippen LogP contribution in [0.25, 0.3) is 0 Å². The average molecular weight is 406 g/mol. The van der Waals surface area contributed by atoms with Crippen LogP contribution in [-0.4, -0.2) is 36.1 Å². The van der Waals surface area contributed by atoms with E-state index in [0.717, 1.165) is 4.90 Å². The van der Waals surface area contributed by atoms with E-state index in [-0.39, 0.29) is 11.3 Å². The second kappa shape index (κ2) is 6.64. The molecule has 0 N–H and O–H groups in total. The first kappa shape index (κ1) is 17.1. The fraction of sp³-hybridized carbons (Fsp3) is 0.176. The lowest BCUT2D eigenvalue weighted by molar-refractivity contribution is -0.144. The summed E-state index contributed by atoms with van der Waals surface area (Å²) in [5.41, 5.74) is 0.547. The van der Waals surface area contributed by atoms with Crippen molar-refractivity contribution in [1.29, 1.82) is 0 Å². The molecule has 7 nitrogen and oxygen atoms in total. The molecule has 1 aromatic carbocycles. The van der Waals surface area contributed by atoms with E-state index in [0.29, 0.717) is 10.2 Å². The summed E-state index contributed by atoms with van der Waals surface area (Å²) >= 11 is 3.24. The van der Waals surface area contributed by atoms with E-state index < -0.39 is 36.1 Å². The van der Waals surface area contributed by atoms with Crippen molar-refractivity contribution in [3.8, 4) is 0 Å². The predicted octanol–water partition coefficient (Wildman–Crippen LogP) is 2.39. The number of fused-ring (bicyclic) bond motifs is 1. The van der Waals surface area contributed by atoms with Gasteiger partial charge in [0, 0.05) is 4.47 Å². The lowest BCUT2D eigenvalue weighted by atomic mass is 10.1. The molecule has 0 saturated heterocycles. The van der Waals surface area contributed by atoms with Crippen molar-refractivity contribution < 1.29 is 28.3 Å². The number of rotatable bonds is 5. The van der Waals surface area contributed by atoms with Gasteiger partial charge in [0.1, 0.15) is 6.04 Å². The molecule has 2 aromatic rings. The van der Waals surface area contributed by atoms with Gasteiger partial charge in [0.15, 0.2) is 12.4 Å². The van der Waals surface area contributed by atoms with E-state index in [2.05, 4.69) is 15.9 Å². The lowest BCUT2D eigenvalue weighted by Gasteiger charge is -2.22. The van der Waals surface area contributed by atoms with E-state index in [1.807, 2.05) is 0 Å². The third kappa shape index (κ3) is 3.12. The van der Waals surface area contributed by atoms with E-state index in [1.165, 1.54) is 25.3 Å². The highest BCUT2D eigenvalue weighted by Crippen LogP contribution is 2.33. The number of benzene rings is 1. The smallest absolute Gasteiger partial charge is 0.329 e. The number of amides is 1. The van der Waals surface area contributed by atoms with Crippen molar-refractivity contribution in [2.45, 2.75) is 13.0 Å². The first-order valence-electron chi connectivity index (χ1n) is 7.31. The molecule has 0 bridgehead atoms. The zero-order chi connectivity index (χ0) is 18.1. The molecule has 0 fully saturated rings. The molecule has 8 heteroatoms. The summed E-state index contributed by atoms with van der Waals surface area (Å²) < 4.78 is 10.5. The van der Waals surface area contributed by atoms with Gasteiger partial charge in [0.2, 0.25) is 5.78 Å². The molecular weight excluding hydrogens is 394 g/mol. The molecule has 1 atom stereocenters. The third-order valence-corrected chi connectivity index (χ3v) is 4.24. The second-order valence-electron chi connectivity index (χ2n) is 5.35. The maximum absolute atomic E-state index is 12.2. The molecule has 128 valence electrons. The Labute approximate surface area is 150 Å². The molecule has 25 heavy (non-hydrogen) atoms. The van der Waals surface area contributed by atoms with Crippen LogP contribution in [-0.2, 0) is 14.3 Å². The largest absolute Gasteiger partial charge is 0.461 e. The number of esters is 1. The summed E-state index contributed by atoms with van der Waals surface area (Å²) in [4.78, 5) is 49.4. The highest BCUT2D eigenvalue weighted by molar-refractivity contribution is 9.10. The molecule has 0 saturated carbocycles. The molecule has 0 spiro atoms. The number of carbonyl (C=O) groups is 4. The van der Waals surface area contributed by atoms with Crippen molar-refractivity contribution in [1.82, 2.24) is 0 Å². The number of furan rings is 1. The second-order valence-corrected chi connectivity index (χ2v) is 6.27. The summed E-state index contributed by atoms with van der Waals surface area (Å²) in [7, 11) is 0. The summed E-state index contributed by atoms with van der Waals surface area (Å²) in [6, 6.07) is 6.70. The van der Waals surface area contributed by atoms with Gasteiger partial charge < -0.3 is 9.15 Å². The predicted molar refractivity (Wildman–Crippen MR) is 89.4 cm³/mol. The molecule has 0 radical (unpaired) electrons. The lowest BCUT2D eigenvalue weighted by Crippen LogP contribution is -2.43. The van der Waals surface area contributed by atoms with Crippen LogP contribution < -0.4 is 4.90 Å². The quantitative estimate of drug-likeness (QED) is 0.430. The van der Waals surface area contributed by atoms with E-state index in [9.17, 15) is 19.2 Å². The molecule has 0 aliphatic carbocycles. The zero-order valence-corrected chi connectivity index (χ0v) is 14.6. The van der Waals surface area contributed by atoms with Crippen molar-refractivity contribution in [3.63, 3.8) is 0 Å². The van der Waals surface area contributed by atoms with Crippen molar-refractivity contribution in [2.24, 2.45) is 0 Å². The van der Waals surface area contributed by atoms with Crippen LogP contribution in [0.5, 0.6) is 0 Å². The number of ketones is 2. The van der Waals surface area contributed by atoms with Gasteiger partial charge in [-0.25, -0.2) is 4.79 Å². The van der Waals surface area contributed by atoms with Gasteiger partial charge in [0.25, 0.3) is 11.7 Å². The van der Waals surface area contributed by atoms with Gasteiger partial charge in [-0.15, -0.1) is 0 Å². The Bertz CT molecular complexity index is 873. The van der Waals surface area contributed by atoms with Crippen molar-refractivity contribution >= 4 is 45.1 Å². The van der Waals surface area contributed by atoms with Crippen LogP contribution in [0, 0.1) is 0 Å². The monoisotopic (exact) mass is 405 g/mol. The molecule has 1 aliphatic rings. The minimum Gasteiger partial charge on any atom is -0.461 e. The maximum Gasteiger partial charge on any atom is 0.329 e. The standard InChI is InChI=1S/C17H12BrNO6/c1-9(17(23)25-8-13(20)14-3-2-6-24-14)19-12-5-4-10(18)7-11(12)15(21)16(19)22/h2-7,9H,8H2,1H3. The van der Waals surface area contributed by atoms with Crippen LogP contribution in [0.3, 0.4) is 0 Å².